The van der Waals surface area contributed by atoms with Crippen LogP contribution < -0.4 is 16.4 Å². The van der Waals surface area contributed by atoms with E-state index in [2.05, 4.69) is 36.4 Å². The minimum absolute atomic E-state index is 0.0599. The third-order valence-electron chi connectivity index (χ3n) is 2.76. The number of rotatable bonds is 2. The number of aromatic nitrogens is 2. The Morgan fingerprint density at radius 3 is 2.45 bits per heavy atom. The zero-order valence-electron chi connectivity index (χ0n) is 11.8. The van der Waals surface area contributed by atoms with Crippen LogP contribution in [0.3, 0.4) is 0 Å². The second-order valence-electron chi connectivity index (χ2n) is 5.49. The van der Waals surface area contributed by atoms with E-state index in [9.17, 15) is 0 Å². The van der Waals surface area contributed by atoms with Crippen molar-refractivity contribution in [3.05, 3.63) is 36.7 Å². The average Bonchev–Trinajstić information content (AvgIpc) is 2.80. The van der Waals surface area contributed by atoms with Crippen LogP contribution in [0.1, 0.15) is 20.8 Å². The zero-order valence-corrected chi connectivity index (χ0v) is 12.7. The highest BCUT2D eigenvalue weighted by molar-refractivity contribution is 7.80. The summed E-state index contributed by atoms with van der Waals surface area (Å²) in [6.45, 7) is 6.32. The first kappa shape index (κ1) is 14.3. The Morgan fingerprint density at radius 2 is 1.85 bits per heavy atom. The van der Waals surface area contributed by atoms with Crippen LogP contribution in [0.2, 0.25) is 0 Å². The second-order valence-corrected chi connectivity index (χ2v) is 5.90. The molecule has 106 valence electrons. The van der Waals surface area contributed by atoms with Gasteiger partial charge < -0.3 is 20.9 Å². The number of nitrogens with two attached hydrogens (primary N) is 1. The summed E-state index contributed by atoms with van der Waals surface area (Å²) in [6, 6.07) is 7.39. The molecule has 0 aliphatic heterocycles. The van der Waals surface area contributed by atoms with Crippen LogP contribution in [0.25, 0.3) is 0 Å². The largest absolute Gasteiger partial charge is 0.399 e. The van der Waals surface area contributed by atoms with Crippen molar-refractivity contribution in [1.82, 2.24) is 9.55 Å². The maximum atomic E-state index is 5.65. The number of nitrogens with one attached hydrogen (secondary N) is 2. The maximum absolute atomic E-state index is 5.65. The van der Waals surface area contributed by atoms with E-state index in [0.29, 0.717) is 11.1 Å². The Morgan fingerprint density at radius 1 is 1.20 bits per heavy atom. The van der Waals surface area contributed by atoms with Gasteiger partial charge in [0.05, 0.1) is 0 Å². The molecule has 0 amide bonds. The number of hydrogen-bond acceptors (Lipinski definition) is 3. The van der Waals surface area contributed by atoms with Crippen molar-refractivity contribution < 1.29 is 0 Å². The molecule has 5 nitrogen and oxygen atoms in total. The first-order valence-electron chi connectivity index (χ1n) is 6.33. The van der Waals surface area contributed by atoms with Gasteiger partial charge in [-0.1, -0.05) is 0 Å². The predicted molar refractivity (Wildman–Crippen MR) is 87.9 cm³/mol. The molecular weight excluding hydrogens is 270 g/mol. The van der Waals surface area contributed by atoms with Crippen molar-refractivity contribution in [1.29, 1.82) is 0 Å². The molecule has 0 fully saturated rings. The number of hydrogen-bond donors (Lipinski definition) is 3. The molecule has 4 N–H and O–H groups in total. The topological polar surface area (TPSA) is 67.9 Å². The van der Waals surface area contributed by atoms with Crippen LogP contribution in [-0.4, -0.2) is 14.7 Å². The van der Waals surface area contributed by atoms with Crippen molar-refractivity contribution in [3.63, 3.8) is 0 Å². The van der Waals surface area contributed by atoms with E-state index in [1.54, 1.807) is 6.20 Å². The molecule has 1 aromatic heterocycles. The van der Waals surface area contributed by atoms with E-state index in [1.807, 2.05) is 35.0 Å². The Kier molecular flexibility index (Phi) is 3.94. The van der Waals surface area contributed by atoms with E-state index in [-0.39, 0.29) is 5.54 Å². The minimum Gasteiger partial charge on any atom is -0.399 e. The van der Waals surface area contributed by atoms with Gasteiger partial charge in [0.15, 0.2) is 5.11 Å². The molecule has 1 heterocycles. The van der Waals surface area contributed by atoms with E-state index >= 15 is 0 Å². The monoisotopic (exact) mass is 289 g/mol. The van der Waals surface area contributed by atoms with Gasteiger partial charge >= 0.3 is 0 Å². The molecule has 0 saturated carbocycles. The van der Waals surface area contributed by atoms with E-state index < -0.39 is 0 Å². The van der Waals surface area contributed by atoms with Crippen LogP contribution in [0.15, 0.2) is 36.7 Å². The molecule has 0 spiro atoms. The lowest BCUT2D eigenvalue weighted by Gasteiger charge is -2.23. The summed E-state index contributed by atoms with van der Waals surface area (Å²) in [4.78, 5) is 4.28. The molecule has 1 aromatic carbocycles. The van der Waals surface area contributed by atoms with E-state index in [4.69, 9.17) is 18.0 Å². The molecule has 20 heavy (non-hydrogen) atoms. The number of benzene rings is 1. The highest BCUT2D eigenvalue weighted by Gasteiger charge is 2.17. The van der Waals surface area contributed by atoms with E-state index in [1.165, 1.54) is 0 Å². The zero-order chi connectivity index (χ0) is 14.8. The third-order valence-corrected chi connectivity index (χ3v) is 2.96. The quantitative estimate of drug-likeness (QED) is 0.586. The third kappa shape index (κ3) is 3.48. The maximum Gasteiger partial charge on any atom is 0.209 e. The summed E-state index contributed by atoms with van der Waals surface area (Å²) >= 11 is 5.29. The Labute approximate surface area is 124 Å². The number of anilines is 3. The molecule has 0 radical (unpaired) electrons. The smallest absolute Gasteiger partial charge is 0.209 e. The number of imidazole rings is 1. The molecular formula is C14H19N5S. The van der Waals surface area contributed by atoms with Gasteiger partial charge in [-0.3, -0.25) is 0 Å². The molecule has 2 rings (SSSR count). The summed E-state index contributed by atoms with van der Waals surface area (Å²) in [5, 5.41) is 6.69. The first-order chi connectivity index (χ1) is 9.36. The van der Waals surface area contributed by atoms with Crippen LogP contribution in [0, 0.1) is 0 Å². The normalized spacial score (nSPS) is 11.2. The Bertz CT molecular complexity index is 595. The highest BCUT2D eigenvalue weighted by atomic mass is 32.1. The lowest BCUT2D eigenvalue weighted by molar-refractivity contribution is 0.402. The highest BCUT2D eigenvalue weighted by Crippen LogP contribution is 2.19. The van der Waals surface area contributed by atoms with Crippen LogP contribution in [-0.2, 0) is 5.54 Å². The Hall–Kier alpha value is -2.08. The molecule has 0 aliphatic carbocycles. The minimum atomic E-state index is -0.0599. The lowest BCUT2D eigenvalue weighted by atomic mass is 10.1. The van der Waals surface area contributed by atoms with E-state index in [0.717, 1.165) is 11.4 Å². The summed E-state index contributed by atoms with van der Waals surface area (Å²) < 4.78 is 2.03. The van der Waals surface area contributed by atoms with Gasteiger partial charge in [-0.25, -0.2) is 4.98 Å². The second kappa shape index (κ2) is 5.50. The van der Waals surface area contributed by atoms with Gasteiger partial charge in [-0.05, 0) is 57.3 Å². The fourth-order valence-corrected chi connectivity index (χ4v) is 1.98. The van der Waals surface area contributed by atoms with Crippen molar-refractivity contribution in [2.24, 2.45) is 0 Å². The molecule has 0 saturated heterocycles. The molecule has 0 aliphatic rings. The summed E-state index contributed by atoms with van der Waals surface area (Å²) in [7, 11) is 0. The molecule has 0 bridgehead atoms. The predicted octanol–water partition coefficient (Wildman–Crippen LogP) is 3.03. The summed E-state index contributed by atoms with van der Waals surface area (Å²) in [6.07, 6.45) is 3.67. The molecule has 6 heteroatoms. The number of nitrogens with zero attached hydrogens (tertiary/aromatic N) is 2. The average molecular weight is 289 g/mol. The summed E-state index contributed by atoms with van der Waals surface area (Å²) in [5.74, 6) is 0.713. The van der Waals surface area contributed by atoms with Gasteiger partial charge in [-0.15, -0.1) is 0 Å². The van der Waals surface area contributed by atoms with Crippen LogP contribution in [0.5, 0.6) is 0 Å². The molecule has 0 unspecified atom stereocenters. The van der Waals surface area contributed by atoms with Gasteiger partial charge in [0.1, 0.15) is 0 Å². The summed E-state index contributed by atoms with van der Waals surface area (Å²) in [5.41, 5.74) is 7.19. The SMILES string of the molecule is CC(C)(C)n1ccnc1NC(=S)Nc1ccc(N)cc1. The van der Waals surface area contributed by atoms with Crippen molar-refractivity contribution in [2.75, 3.05) is 16.4 Å². The fraction of sp³-hybridized carbons (Fsp3) is 0.286. The van der Waals surface area contributed by atoms with Crippen LogP contribution in [0.4, 0.5) is 17.3 Å². The van der Waals surface area contributed by atoms with Gasteiger partial charge in [-0.2, -0.15) is 0 Å². The fourth-order valence-electron chi connectivity index (χ4n) is 1.77. The lowest BCUT2D eigenvalue weighted by Crippen LogP contribution is -2.27. The standard InChI is InChI=1S/C14H19N5S/c1-14(2,3)19-9-8-16-12(19)18-13(20)17-11-6-4-10(15)5-7-11/h4-9H,15H2,1-3H3,(H2,16,17,18,20). The Balaban J connectivity index is 2.05. The number of thiocarbonyl (C=S) groups is 1. The van der Waals surface area contributed by atoms with Crippen molar-refractivity contribution in [2.45, 2.75) is 26.3 Å². The number of nitrogen functional groups attached to an aromatic ring is 1. The van der Waals surface area contributed by atoms with Crippen molar-refractivity contribution >= 4 is 34.7 Å². The van der Waals surface area contributed by atoms with Gasteiger partial charge in [0.2, 0.25) is 5.95 Å². The first-order valence-corrected chi connectivity index (χ1v) is 6.74. The van der Waals surface area contributed by atoms with Gasteiger partial charge in [0, 0.05) is 29.3 Å². The van der Waals surface area contributed by atoms with Gasteiger partial charge in [0.25, 0.3) is 0 Å². The van der Waals surface area contributed by atoms with Crippen molar-refractivity contribution in [3.8, 4) is 0 Å². The van der Waals surface area contributed by atoms with Crippen LogP contribution >= 0.6 is 12.2 Å². The molecule has 2 aromatic rings. The molecule has 0 atom stereocenters.